The van der Waals surface area contributed by atoms with E-state index < -0.39 is 0 Å². The molecule has 4 nitrogen and oxygen atoms in total. The van der Waals surface area contributed by atoms with E-state index in [0.29, 0.717) is 24.5 Å². The quantitative estimate of drug-likeness (QED) is 0.923. The van der Waals surface area contributed by atoms with Crippen LogP contribution >= 0.6 is 11.6 Å². The molecule has 0 spiro atoms. The highest BCUT2D eigenvalue weighted by molar-refractivity contribution is 6.30. The summed E-state index contributed by atoms with van der Waals surface area (Å²) in [6.07, 6.45) is 0.344. The minimum Gasteiger partial charge on any atom is -0.354 e. The van der Waals surface area contributed by atoms with E-state index in [1.165, 1.54) is 5.56 Å². The van der Waals surface area contributed by atoms with E-state index in [9.17, 15) is 4.79 Å². The van der Waals surface area contributed by atoms with Crippen molar-refractivity contribution in [3.63, 3.8) is 0 Å². The zero-order valence-electron chi connectivity index (χ0n) is 12.6. The number of rotatable bonds is 5. The van der Waals surface area contributed by atoms with Gasteiger partial charge in [0, 0.05) is 17.3 Å². The van der Waals surface area contributed by atoms with Crippen molar-refractivity contribution < 1.29 is 4.79 Å². The standard InChI is InChI=1S/C16H20ClN3O/c1-11-12(2)19-20(13(11)3)8-7-18-16(21)10-14-5-4-6-15(17)9-14/h4-6,9H,7-8,10H2,1-3H3,(H,18,21). The first-order valence-corrected chi connectivity index (χ1v) is 7.37. The van der Waals surface area contributed by atoms with Gasteiger partial charge in [0.2, 0.25) is 5.91 Å². The van der Waals surface area contributed by atoms with Crippen LogP contribution in [-0.4, -0.2) is 22.2 Å². The number of aromatic nitrogens is 2. The van der Waals surface area contributed by atoms with Crippen LogP contribution in [0.4, 0.5) is 0 Å². The predicted octanol–water partition coefficient (Wildman–Crippen LogP) is 2.82. The van der Waals surface area contributed by atoms with Crippen molar-refractivity contribution in [2.24, 2.45) is 0 Å². The monoisotopic (exact) mass is 305 g/mol. The molecule has 0 radical (unpaired) electrons. The third kappa shape index (κ3) is 4.08. The first-order valence-electron chi connectivity index (χ1n) is 6.99. The molecule has 0 atom stereocenters. The van der Waals surface area contributed by atoms with Gasteiger partial charge < -0.3 is 5.32 Å². The van der Waals surface area contributed by atoms with Crippen LogP contribution in [0.5, 0.6) is 0 Å². The van der Waals surface area contributed by atoms with E-state index in [4.69, 9.17) is 11.6 Å². The highest BCUT2D eigenvalue weighted by Crippen LogP contribution is 2.11. The van der Waals surface area contributed by atoms with Crippen LogP contribution in [-0.2, 0) is 17.8 Å². The van der Waals surface area contributed by atoms with Gasteiger partial charge in [0.25, 0.3) is 0 Å². The molecule has 0 bridgehead atoms. The molecule has 0 aliphatic heterocycles. The lowest BCUT2D eigenvalue weighted by Gasteiger charge is -2.07. The molecule has 1 N–H and O–H groups in total. The van der Waals surface area contributed by atoms with E-state index in [-0.39, 0.29) is 5.91 Å². The van der Waals surface area contributed by atoms with Gasteiger partial charge in [-0.25, -0.2) is 0 Å². The molecule has 0 fully saturated rings. The molecule has 0 saturated carbocycles. The third-order valence-corrected chi connectivity index (χ3v) is 3.88. The highest BCUT2D eigenvalue weighted by Gasteiger charge is 2.08. The minimum absolute atomic E-state index is 0.00415. The molecule has 0 unspecified atom stereocenters. The number of benzene rings is 1. The number of hydrogen-bond acceptors (Lipinski definition) is 2. The van der Waals surface area contributed by atoms with Gasteiger partial charge in [-0.2, -0.15) is 5.10 Å². The van der Waals surface area contributed by atoms with Crippen LogP contribution in [0.2, 0.25) is 5.02 Å². The van der Waals surface area contributed by atoms with Crippen LogP contribution in [0.25, 0.3) is 0 Å². The van der Waals surface area contributed by atoms with Gasteiger partial charge in [-0.1, -0.05) is 23.7 Å². The Labute approximate surface area is 130 Å². The third-order valence-electron chi connectivity index (χ3n) is 3.64. The molecule has 2 aromatic rings. The van der Waals surface area contributed by atoms with Crippen LogP contribution in [0.1, 0.15) is 22.5 Å². The maximum atomic E-state index is 11.9. The summed E-state index contributed by atoms with van der Waals surface area (Å²) in [6, 6.07) is 7.36. The zero-order chi connectivity index (χ0) is 15.4. The number of aryl methyl sites for hydroxylation is 1. The predicted molar refractivity (Wildman–Crippen MR) is 84.6 cm³/mol. The van der Waals surface area contributed by atoms with Gasteiger partial charge in [0.15, 0.2) is 0 Å². The molecule has 21 heavy (non-hydrogen) atoms. The van der Waals surface area contributed by atoms with E-state index in [2.05, 4.69) is 17.3 Å². The number of amides is 1. The summed E-state index contributed by atoms with van der Waals surface area (Å²) in [4.78, 5) is 11.9. The fourth-order valence-corrected chi connectivity index (χ4v) is 2.41. The van der Waals surface area contributed by atoms with Crippen molar-refractivity contribution in [3.8, 4) is 0 Å². The van der Waals surface area contributed by atoms with E-state index >= 15 is 0 Å². The van der Waals surface area contributed by atoms with Crippen LogP contribution in [0, 0.1) is 20.8 Å². The summed E-state index contributed by atoms with van der Waals surface area (Å²) in [5, 5.41) is 8.01. The lowest BCUT2D eigenvalue weighted by molar-refractivity contribution is -0.120. The van der Waals surface area contributed by atoms with Crippen molar-refractivity contribution >= 4 is 17.5 Å². The summed E-state index contributed by atoms with van der Waals surface area (Å²) < 4.78 is 1.93. The fraction of sp³-hybridized carbons (Fsp3) is 0.375. The Kier molecular flexibility index (Phi) is 5.02. The average molecular weight is 306 g/mol. The van der Waals surface area contributed by atoms with Gasteiger partial charge >= 0.3 is 0 Å². The Balaban J connectivity index is 1.83. The van der Waals surface area contributed by atoms with E-state index in [1.54, 1.807) is 6.07 Å². The van der Waals surface area contributed by atoms with Crippen molar-refractivity contribution in [1.29, 1.82) is 0 Å². The number of nitrogens with zero attached hydrogens (tertiary/aromatic N) is 2. The van der Waals surface area contributed by atoms with Crippen molar-refractivity contribution in [1.82, 2.24) is 15.1 Å². The van der Waals surface area contributed by atoms with Gasteiger partial charge in [0.1, 0.15) is 0 Å². The number of hydrogen-bond donors (Lipinski definition) is 1. The Hall–Kier alpha value is -1.81. The zero-order valence-corrected chi connectivity index (χ0v) is 13.4. The maximum absolute atomic E-state index is 11.9. The molecule has 5 heteroatoms. The maximum Gasteiger partial charge on any atom is 0.224 e. The molecule has 2 rings (SSSR count). The van der Waals surface area contributed by atoms with Gasteiger partial charge in [0.05, 0.1) is 18.7 Å². The number of carbonyl (C=O) groups is 1. The second-order valence-electron chi connectivity index (χ2n) is 5.18. The van der Waals surface area contributed by atoms with Crippen LogP contribution in [0.3, 0.4) is 0 Å². The highest BCUT2D eigenvalue weighted by atomic mass is 35.5. The fourth-order valence-electron chi connectivity index (χ4n) is 2.20. The average Bonchev–Trinajstić information content (AvgIpc) is 2.66. The smallest absolute Gasteiger partial charge is 0.224 e. The van der Waals surface area contributed by atoms with Gasteiger partial charge in [-0.05, 0) is 44.0 Å². The van der Waals surface area contributed by atoms with Gasteiger partial charge in [-0.15, -0.1) is 0 Å². The second-order valence-corrected chi connectivity index (χ2v) is 5.61. The molecule has 0 aliphatic rings. The summed E-state index contributed by atoms with van der Waals surface area (Å²) in [6.45, 7) is 7.36. The SMILES string of the molecule is Cc1nn(CCNC(=O)Cc2cccc(Cl)c2)c(C)c1C. The van der Waals surface area contributed by atoms with Crippen LogP contribution < -0.4 is 5.32 Å². The molecule has 1 heterocycles. The lowest BCUT2D eigenvalue weighted by atomic mass is 10.1. The Morgan fingerprint density at radius 1 is 1.33 bits per heavy atom. The van der Waals surface area contributed by atoms with E-state index in [0.717, 1.165) is 17.0 Å². The van der Waals surface area contributed by atoms with Crippen molar-refractivity contribution in [2.45, 2.75) is 33.7 Å². The summed E-state index contributed by atoms with van der Waals surface area (Å²) in [7, 11) is 0. The topological polar surface area (TPSA) is 46.9 Å². The number of carbonyl (C=O) groups excluding carboxylic acids is 1. The Morgan fingerprint density at radius 2 is 2.10 bits per heavy atom. The molecule has 0 saturated heterocycles. The first-order chi connectivity index (χ1) is 9.97. The Morgan fingerprint density at radius 3 is 2.71 bits per heavy atom. The van der Waals surface area contributed by atoms with Crippen molar-refractivity contribution in [2.75, 3.05) is 6.54 Å². The molecule has 1 aromatic heterocycles. The Bertz CT molecular complexity index is 649. The minimum atomic E-state index is -0.00415. The summed E-state index contributed by atoms with van der Waals surface area (Å²) in [5.41, 5.74) is 4.32. The van der Waals surface area contributed by atoms with E-state index in [1.807, 2.05) is 36.7 Å². The number of halogens is 1. The summed E-state index contributed by atoms with van der Waals surface area (Å²) in [5.74, 6) is -0.00415. The number of nitrogens with one attached hydrogen (secondary N) is 1. The second kappa shape index (κ2) is 6.76. The normalized spacial score (nSPS) is 10.7. The molecule has 1 amide bonds. The van der Waals surface area contributed by atoms with Crippen LogP contribution in [0.15, 0.2) is 24.3 Å². The lowest BCUT2D eigenvalue weighted by Crippen LogP contribution is -2.29. The van der Waals surface area contributed by atoms with Crippen molar-refractivity contribution in [3.05, 3.63) is 51.8 Å². The molecule has 112 valence electrons. The molecular formula is C16H20ClN3O. The van der Waals surface area contributed by atoms with Gasteiger partial charge in [-0.3, -0.25) is 9.48 Å². The summed E-state index contributed by atoms with van der Waals surface area (Å²) >= 11 is 5.90. The molecule has 0 aliphatic carbocycles. The molecular weight excluding hydrogens is 286 g/mol. The molecule has 1 aromatic carbocycles. The largest absolute Gasteiger partial charge is 0.354 e. The first kappa shape index (κ1) is 15.6.